The number of rotatable bonds is 8. The number of pyridine rings is 2. The Labute approximate surface area is 292 Å². The predicted molar refractivity (Wildman–Crippen MR) is 197 cm³/mol. The van der Waals surface area contributed by atoms with Crippen molar-refractivity contribution < 1.29 is 9.52 Å². The van der Waals surface area contributed by atoms with Gasteiger partial charge in [-0.2, -0.15) is 5.26 Å². The van der Waals surface area contributed by atoms with E-state index in [4.69, 9.17) is 19.4 Å². The molecule has 2 fully saturated rings. The molecule has 2 saturated heterocycles. The quantitative estimate of drug-likeness (QED) is 0.169. The molecule has 9 heteroatoms. The molecule has 5 heterocycles. The lowest BCUT2D eigenvalue weighted by Gasteiger charge is -2.17. The second-order valence-corrected chi connectivity index (χ2v) is 14.1. The average Bonchev–Trinajstić information content (AvgIpc) is 3.85. The Morgan fingerprint density at radius 1 is 0.900 bits per heavy atom. The van der Waals surface area contributed by atoms with Crippen molar-refractivity contribution in [2.45, 2.75) is 52.8 Å². The lowest BCUT2D eigenvalue weighted by atomic mass is 9.93. The number of aromatic nitrogens is 3. The van der Waals surface area contributed by atoms with Crippen molar-refractivity contribution in [1.82, 2.24) is 24.8 Å². The van der Waals surface area contributed by atoms with E-state index in [1.165, 1.54) is 12.0 Å². The van der Waals surface area contributed by atoms with Gasteiger partial charge in [0.15, 0.2) is 11.4 Å². The van der Waals surface area contributed by atoms with E-state index in [0.717, 1.165) is 94.3 Å². The number of oxazole rings is 1. The Bertz CT molecular complexity index is 2270. The molecule has 0 aliphatic carbocycles. The van der Waals surface area contributed by atoms with Gasteiger partial charge in [-0.05, 0) is 109 Å². The van der Waals surface area contributed by atoms with Crippen molar-refractivity contribution in [3.05, 3.63) is 101 Å². The number of anilines is 2. The number of hydrogen-bond acceptors (Lipinski definition) is 9. The molecule has 2 aliphatic rings. The van der Waals surface area contributed by atoms with Crippen LogP contribution in [0.5, 0.6) is 0 Å². The zero-order valence-electron chi connectivity index (χ0n) is 28.8. The highest BCUT2D eigenvalue weighted by Gasteiger charge is 2.23. The molecule has 8 rings (SSSR count). The number of nitrogens with zero attached hydrogens (tertiary/aromatic N) is 6. The molecule has 6 aromatic rings. The molecule has 3 aromatic heterocycles. The minimum atomic E-state index is -0.294. The fourth-order valence-corrected chi connectivity index (χ4v) is 7.66. The Morgan fingerprint density at radius 3 is 2.44 bits per heavy atom. The standard InChI is InChI=1S/C41H41N7O2/c1-25-11-14-47(21-25)23-29-17-30-10-13-43-40(38(30)44-20-29)45-36-9-5-7-34(27(36)3)33-6-4-8-35(26(33)2)41-46-37-18-28(16-31(19-42)39(37)50-41)22-48-15-12-32(49)24-48/h4-10,13,16-18,20,25,32,49H,11-12,14-15,21-24H2,1-3H3,(H,43,45)/t25-,32+/m0/s1. The third kappa shape index (κ3) is 6.22. The van der Waals surface area contributed by atoms with Crippen LogP contribution >= 0.6 is 0 Å². The van der Waals surface area contributed by atoms with Gasteiger partial charge in [0.25, 0.3) is 0 Å². The van der Waals surface area contributed by atoms with Crippen LogP contribution in [0.1, 0.15) is 47.6 Å². The Kier molecular flexibility index (Phi) is 8.53. The van der Waals surface area contributed by atoms with Crippen molar-refractivity contribution in [1.29, 1.82) is 5.26 Å². The number of benzene rings is 3. The van der Waals surface area contributed by atoms with Gasteiger partial charge < -0.3 is 14.8 Å². The SMILES string of the molecule is Cc1c(Nc2nccc3cc(CN4CC[C@H](C)C4)cnc23)cccc1-c1cccc(-c2nc3cc(CN4CC[C@@H](O)C4)cc(C#N)c3o2)c1C. The first-order valence-electron chi connectivity index (χ1n) is 17.5. The molecule has 0 amide bonds. The van der Waals surface area contributed by atoms with Crippen LogP contribution in [0.4, 0.5) is 11.5 Å². The summed E-state index contributed by atoms with van der Waals surface area (Å²) in [4.78, 5) is 19.2. The second kappa shape index (κ2) is 13.3. The van der Waals surface area contributed by atoms with Crippen LogP contribution in [-0.4, -0.2) is 62.1 Å². The average molecular weight is 664 g/mol. The van der Waals surface area contributed by atoms with Gasteiger partial charge in [0.2, 0.25) is 5.89 Å². The van der Waals surface area contributed by atoms with Crippen molar-refractivity contribution in [2.75, 3.05) is 31.5 Å². The molecule has 2 N–H and O–H groups in total. The molecule has 3 aromatic carbocycles. The van der Waals surface area contributed by atoms with Crippen LogP contribution in [0.15, 0.2) is 77.5 Å². The minimum Gasteiger partial charge on any atom is -0.435 e. The number of nitriles is 1. The highest BCUT2D eigenvalue weighted by Crippen LogP contribution is 2.38. The van der Waals surface area contributed by atoms with Gasteiger partial charge in [0, 0.05) is 61.8 Å². The molecular weight excluding hydrogens is 622 g/mol. The van der Waals surface area contributed by atoms with Crippen LogP contribution in [0.25, 0.3) is 44.6 Å². The van der Waals surface area contributed by atoms with Crippen LogP contribution < -0.4 is 5.32 Å². The maximum atomic E-state index is 9.98. The summed E-state index contributed by atoms with van der Waals surface area (Å²) in [5.41, 5.74) is 10.8. The Morgan fingerprint density at radius 2 is 1.66 bits per heavy atom. The lowest BCUT2D eigenvalue weighted by molar-refractivity contribution is 0.175. The van der Waals surface area contributed by atoms with Gasteiger partial charge in [0.1, 0.15) is 17.1 Å². The number of likely N-dealkylation sites (tertiary alicyclic amines) is 2. The summed E-state index contributed by atoms with van der Waals surface area (Å²) < 4.78 is 6.30. The van der Waals surface area contributed by atoms with Crippen LogP contribution in [0.2, 0.25) is 0 Å². The fourth-order valence-electron chi connectivity index (χ4n) is 7.66. The maximum absolute atomic E-state index is 9.98. The second-order valence-electron chi connectivity index (χ2n) is 14.1. The molecule has 2 atom stereocenters. The normalized spacial score (nSPS) is 18.3. The highest BCUT2D eigenvalue weighted by atomic mass is 16.3. The van der Waals surface area contributed by atoms with Crippen LogP contribution in [0.3, 0.4) is 0 Å². The number of aliphatic hydroxyl groups excluding tert-OH is 1. The van der Waals surface area contributed by atoms with E-state index >= 15 is 0 Å². The Balaban J connectivity index is 1.08. The molecule has 0 saturated carbocycles. The summed E-state index contributed by atoms with van der Waals surface area (Å²) in [7, 11) is 0. The third-order valence-corrected chi connectivity index (χ3v) is 10.3. The predicted octanol–water partition coefficient (Wildman–Crippen LogP) is 7.75. The molecule has 2 aliphatic heterocycles. The summed E-state index contributed by atoms with van der Waals surface area (Å²) in [5.74, 6) is 1.97. The van der Waals surface area contributed by atoms with E-state index in [2.05, 4.69) is 72.3 Å². The van der Waals surface area contributed by atoms with E-state index in [1.54, 1.807) is 0 Å². The highest BCUT2D eigenvalue weighted by molar-refractivity contribution is 5.91. The molecule has 252 valence electrons. The van der Waals surface area contributed by atoms with Crippen molar-refractivity contribution in [3.63, 3.8) is 0 Å². The maximum Gasteiger partial charge on any atom is 0.227 e. The summed E-state index contributed by atoms with van der Waals surface area (Å²) in [6.07, 6.45) is 5.57. The number of hydrogen-bond donors (Lipinski definition) is 2. The van der Waals surface area contributed by atoms with Crippen molar-refractivity contribution in [2.24, 2.45) is 5.92 Å². The molecular formula is C41H41N7O2. The minimum absolute atomic E-state index is 0.294. The van der Waals surface area contributed by atoms with Gasteiger partial charge in [-0.1, -0.05) is 31.2 Å². The van der Waals surface area contributed by atoms with E-state index in [0.29, 0.717) is 35.6 Å². The van der Waals surface area contributed by atoms with Gasteiger partial charge in [-0.15, -0.1) is 0 Å². The summed E-state index contributed by atoms with van der Waals surface area (Å²) in [6.45, 7) is 11.9. The van der Waals surface area contributed by atoms with Gasteiger partial charge in [-0.25, -0.2) is 9.97 Å². The van der Waals surface area contributed by atoms with Gasteiger partial charge >= 0.3 is 0 Å². The van der Waals surface area contributed by atoms with E-state index in [1.807, 2.05) is 42.7 Å². The molecule has 50 heavy (non-hydrogen) atoms. The monoisotopic (exact) mass is 663 g/mol. The smallest absolute Gasteiger partial charge is 0.227 e. The Hall–Kier alpha value is -5.14. The molecule has 9 nitrogen and oxygen atoms in total. The number of aliphatic hydroxyl groups is 1. The van der Waals surface area contributed by atoms with E-state index in [9.17, 15) is 10.4 Å². The number of nitrogens with one attached hydrogen (secondary N) is 1. The first-order valence-corrected chi connectivity index (χ1v) is 17.5. The van der Waals surface area contributed by atoms with Gasteiger partial charge in [0.05, 0.1) is 11.7 Å². The molecule has 0 unspecified atom stereocenters. The topological polar surface area (TPSA) is 114 Å². The molecule has 0 bridgehead atoms. The third-order valence-electron chi connectivity index (χ3n) is 10.3. The molecule has 0 spiro atoms. The zero-order valence-corrected chi connectivity index (χ0v) is 28.8. The molecule has 0 radical (unpaired) electrons. The summed E-state index contributed by atoms with van der Waals surface area (Å²) in [6, 6.07) is 22.9. The zero-order chi connectivity index (χ0) is 34.4. The first-order chi connectivity index (χ1) is 24.3. The first kappa shape index (κ1) is 32.1. The number of β-amino-alcohol motifs (C(OH)–C–C–N with tert-alkyl or cyclic N) is 1. The van der Waals surface area contributed by atoms with E-state index in [-0.39, 0.29) is 6.10 Å². The largest absolute Gasteiger partial charge is 0.435 e. The van der Waals surface area contributed by atoms with Crippen molar-refractivity contribution in [3.8, 4) is 28.7 Å². The number of fused-ring (bicyclic) bond motifs is 2. The fraction of sp³-hybridized carbons (Fsp3) is 0.317. The summed E-state index contributed by atoms with van der Waals surface area (Å²) in [5, 5.41) is 24.6. The van der Waals surface area contributed by atoms with Crippen molar-refractivity contribution >= 4 is 33.5 Å². The van der Waals surface area contributed by atoms with Crippen LogP contribution in [0, 0.1) is 31.1 Å². The van der Waals surface area contributed by atoms with Crippen LogP contribution in [-0.2, 0) is 13.1 Å². The summed E-state index contributed by atoms with van der Waals surface area (Å²) >= 11 is 0. The lowest BCUT2D eigenvalue weighted by Crippen LogP contribution is -2.21. The van der Waals surface area contributed by atoms with Gasteiger partial charge in [-0.3, -0.25) is 14.8 Å². The van der Waals surface area contributed by atoms with E-state index < -0.39 is 0 Å².